The van der Waals surface area contributed by atoms with Crippen LogP contribution < -0.4 is 10.9 Å². The van der Waals surface area contributed by atoms with Gasteiger partial charge in [0.15, 0.2) is 0 Å². The summed E-state index contributed by atoms with van der Waals surface area (Å²) in [6.07, 6.45) is 0.284. The third-order valence-electron chi connectivity index (χ3n) is 3.60. The molecule has 1 aromatic carbocycles. The molecule has 0 aliphatic rings. The van der Waals surface area contributed by atoms with Crippen LogP contribution in [0.15, 0.2) is 35.1 Å². The van der Waals surface area contributed by atoms with Crippen molar-refractivity contribution in [1.29, 1.82) is 0 Å². The number of hydrogen-bond acceptors (Lipinski definition) is 4. The number of H-pyrrole nitrogens is 1. The van der Waals surface area contributed by atoms with Gasteiger partial charge in [0, 0.05) is 25.6 Å². The van der Waals surface area contributed by atoms with E-state index in [1.807, 2.05) is 14.1 Å². The molecular formula is C18H25FN4O. The van der Waals surface area contributed by atoms with E-state index >= 15 is 0 Å². The molecule has 5 nitrogen and oxygen atoms in total. The summed E-state index contributed by atoms with van der Waals surface area (Å²) in [5, 5.41) is 3.18. The van der Waals surface area contributed by atoms with E-state index in [4.69, 9.17) is 0 Å². The van der Waals surface area contributed by atoms with Gasteiger partial charge in [0.2, 0.25) is 5.95 Å². The number of aromatic amines is 1. The van der Waals surface area contributed by atoms with Crippen molar-refractivity contribution in [3.05, 3.63) is 57.8 Å². The van der Waals surface area contributed by atoms with Gasteiger partial charge >= 0.3 is 0 Å². The Morgan fingerprint density at radius 1 is 1.29 bits per heavy atom. The highest BCUT2D eigenvalue weighted by Gasteiger charge is 2.19. The van der Waals surface area contributed by atoms with Gasteiger partial charge in [0.1, 0.15) is 5.82 Å². The first-order chi connectivity index (χ1) is 11.2. The quantitative estimate of drug-likeness (QED) is 0.818. The maximum Gasteiger partial charge on any atom is 0.252 e. The standard InChI is InChI=1S/C18H25FN4O/c1-18(2,12-23(3)4)11-20-17-21-14(10-16(24)22-17)9-13-7-5-6-8-15(13)19/h5-8,10H,9,11-12H2,1-4H3,(H2,20,21,22,24). The van der Waals surface area contributed by atoms with Crippen LogP contribution in [-0.4, -0.2) is 42.1 Å². The number of rotatable bonds is 7. The molecule has 0 saturated heterocycles. The molecule has 0 aliphatic carbocycles. The van der Waals surface area contributed by atoms with Crippen molar-refractivity contribution >= 4 is 5.95 Å². The van der Waals surface area contributed by atoms with E-state index in [1.54, 1.807) is 18.2 Å². The zero-order chi connectivity index (χ0) is 17.7. The van der Waals surface area contributed by atoms with Crippen LogP contribution in [0.2, 0.25) is 0 Å². The Morgan fingerprint density at radius 3 is 2.67 bits per heavy atom. The molecule has 0 amide bonds. The van der Waals surface area contributed by atoms with Crippen LogP contribution in [0.25, 0.3) is 0 Å². The normalized spacial score (nSPS) is 11.8. The fourth-order valence-electron chi connectivity index (χ4n) is 2.75. The van der Waals surface area contributed by atoms with Crippen molar-refractivity contribution < 1.29 is 4.39 Å². The van der Waals surface area contributed by atoms with E-state index in [9.17, 15) is 9.18 Å². The van der Waals surface area contributed by atoms with Crippen LogP contribution in [0, 0.1) is 11.2 Å². The molecule has 0 atom stereocenters. The fraction of sp³-hybridized carbons (Fsp3) is 0.444. The van der Waals surface area contributed by atoms with Crippen molar-refractivity contribution in [2.45, 2.75) is 20.3 Å². The lowest BCUT2D eigenvalue weighted by atomic mass is 9.93. The van der Waals surface area contributed by atoms with Crippen LogP contribution in [0.4, 0.5) is 10.3 Å². The van der Waals surface area contributed by atoms with Gasteiger partial charge in [-0.1, -0.05) is 32.0 Å². The third kappa shape index (κ3) is 5.45. The molecule has 0 spiro atoms. The highest BCUT2D eigenvalue weighted by Crippen LogP contribution is 2.16. The van der Waals surface area contributed by atoms with E-state index in [2.05, 4.69) is 34.0 Å². The predicted molar refractivity (Wildman–Crippen MR) is 94.9 cm³/mol. The Hall–Kier alpha value is -2.21. The number of anilines is 1. The molecule has 2 N–H and O–H groups in total. The van der Waals surface area contributed by atoms with Gasteiger partial charge in [-0.15, -0.1) is 0 Å². The lowest BCUT2D eigenvalue weighted by Gasteiger charge is -2.28. The minimum absolute atomic E-state index is 0.0175. The molecule has 2 aromatic rings. The van der Waals surface area contributed by atoms with Crippen molar-refractivity contribution in [3.8, 4) is 0 Å². The largest absolute Gasteiger partial charge is 0.355 e. The van der Waals surface area contributed by atoms with Crippen LogP contribution in [0.5, 0.6) is 0 Å². The summed E-state index contributed by atoms with van der Waals surface area (Å²) in [6.45, 7) is 5.85. The highest BCUT2D eigenvalue weighted by atomic mass is 19.1. The Bertz CT molecular complexity index is 740. The molecule has 0 aliphatic heterocycles. The van der Waals surface area contributed by atoms with E-state index in [0.717, 1.165) is 6.54 Å². The van der Waals surface area contributed by atoms with Gasteiger partial charge in [0.05, 0.1) is 5.69 Å². The smallest absolute Gasteiger partial charge is 0.252 e. The third-order valence-corrected chi connectivity index (χ3v) is 3.60. The van der Waals surface area contributed by atoms with E-state index in [1.165, 1.54) is 12.1 Å². The predicted octanol–water partition coefficient (Wildman–Crippen LogP) is 2.50. The van der Waals surface area contributed by atoms with Gasteiger partial charge in [0.25, 0.3) is 5.56 Å². The van der Waals surface area contributed by atoms with Gasteiger partial charge in [-0.3, -0.25) is 9.78 Å². The monoisotopic (exact) mass is 332 g/mol. The minimum Gasteiger partial charge on any atom is -0.355 e. The van der Waals surface area contributed by atoms with Gasteiger partial charge in [-0.05, 0) is 31.1 Å². The summed E-state index contributed by atoms with van der Waals surface area (Å²) in [7, 11) is 4.05. The lowest BCUT2D eigenvalue weighted by molar-refractivity contribution is 0.254. The summed E-state index contributed by atoms with van der Waals surface area (Å²) in [6, 6.07) is 7.93. The summed E-state index contributed by atoms with van der Waals surface area (Å²) in [5.74, 6) is 0.127. The van der Waals surface area contributed by atoms with Crippen molar-refractivity contribution in [2.75, 3.05) is 32.5 Å². The van der Waals surface area contributed by atoms with E-state index < -0.39 is 0 Å². The van der Waals surface area contributed by atoms with Crippen LogP contribution in [0.3, 0.4) is 0 Å². The Labute approximate surface area is 141 Å². The summed E-state index contributed by atoms with van der Waals surface area (Å²) >= 11 is 0. The molecular weight excluding hydrogens is 307 g/mol. The van der Waals surface area contributed by atoms with Crippen LogP contribution >= 0.6 is 0 Å². The SMILES string of the molecule is CN(C)CC(C)(C)CNc1nc(Cc2ccccc2F)cc(=O)[nH]1. The van der Waals surface area contributed by atoms with E-state index in [-0.39, 0.29) is 23.2 Å². The number of nitrogens with zero attached hydrogens (tertiary/aromatic N) is 2. The summed E-state index contributed by atoms with van der Waals surface area (Å²) in [5.41, 5.74) is 0.833. The van der Waals surface area contributed by atoms with Gasteiger partial charge in [-0.2, -0.15) is 0 Å². The second kappa shape index (κ2) is 7.57. The maximum absolute atomic E-state index is 13.8. The molecule has 0 fully saturated rings. The number of halogens is 1. The lowest BCUT2D eigenvalue weighted by Crippen LogP contribution is -2.35. The van der Waals surface area contributed by atoms with Gasteiger partial charge in [-0.25, -0.2) is 9.37 Å². The molecule has 0 unspecified atom stereocenters. The minimum atomic E-state index is -0.291. The van der Waals surface area contributed by atoms with Crippen molar-refractivity contribution in [1.82, 2.24) is 14.9 Å². The Morgan fingerprint density at radius 2 is 2.00 bits per heavy atom. The second-order valence-corrected chi connectivity index (χ2v) is 7.11. The van der Waals surface area contributed by atoms with Gasteiger partial charge < -0.3 is 10.2 Å². The highest BCUT2D eigenvalue weighted by molar-refractivity contribution is 5.29. The zero-order valence-corrected chi connectivity index (χ0v) is 14.7. The van der Waals surface area contributed by atoms with Crippen molar-refractivity contribution in [3.63, 3.8) is 0 Å². The Kier molecular flexibility index (Phi) is 5.72. The molecule has 0 bridgehead atoms. The summed E-state index contributed by atoms with van der Waals surface area (Å²) < 4.78 is 13.8. The first-order valence-corrected chi connectivity index (χ1v) is 7.97. The second-order valence-electron chi connectivity index (χ2n) is 7.11. The number of benzene rings is 1. The molecule has 0 radical (unpaired) electrons. The average Bonchev–Trinajstić information content (AvgIpc) is 2.46. The van der Waals surface area contributed by atoms with Crippen molar-refractivity contribution in [2.24, 2.45) is 5.41 Å². The molecule has 1 aromatic heterocycles. The number of nitrogens with one attached hydrogen (secondary N) is 2. The number of aromatic nitrogens is 2. The molecule has 130 valence electrons. The molecule has 6 heteroatoms. The molecule has 0 saturated carbocycles. The van der Waals surface area contributed by atoms with Crippen LogP contribution in [-0.2, 0) is 6.42 Å². The first-order valence-electron chi connectivity index (χ1n) is 7.97. The molecule has 24 heavy (non-hydrogen) atoms. The van der Waals surface area contributed by atoms with E-state index in [0.29, 0.717) is 23.8 Å². The van der Waals surface area contributed by atoms with Crippen LogP contribution in [0.1, 0.15) is 25.1 Å². The maximum atomic E-state index is 13.8. The summed E-state index contributed by atoms with van der Waals surface area (Å²) in [4.78, 5) is 21.1. The zero-order valence-electron chi connectivity index (χ0n) is 14.7. The molecule has 2 rings (SSSR count). The Balaban J connectivity index is 2.11. The number of hydrogen-bond donors (Lipinski definition) is 2. The fourth-order valence-corrected chi connectivity index (χ4v) is 2.75. The first kappa shape index (κ1) is 18.1. The average molecular weight is 332 g/mol. The molecule has 1 heterocycles. The topological polar surface area (TPSA) is 61.0 Å².